The Kier molecular flexibility index (Phi) is 4.77. The highest BCUT2D eigenvalue weighted by Gasteiger charge is 2.21. The van der Waals surface area contributed by atoms with Crippen molar-refractivity contribution >= 4 is 0 Å². The van der Waals surface area contributed by atoms with Crippen LogP contribution in [-0.4, -0.2) is 17.8 Å². The van der Waals surface area contributed by atoms with Gasteiger partial charge in [-0.05, 0) is 36.6 Å². The smallest absolute Gasteiger partial charge is 0.103 e. The largest absolute Gasteiger partial charge is 0.469 e. The van der Waals surface area contributed by atoms with E-state index in [1.165, 1.54) is 5.56 Å². The van der Waals surface area contributed by atoms with Gasteiger partial charge in [0.05, 0.1) is 12.4 Å². The van der Waals surface area contributed by atoms with Crippen molar-refractivity contribution in [2.24, 2.45) is 5.73 Å². The van der Waals surface area contributed by atoms with E-state index in [-0.39, 0.29) is 5.92 Å². The summed E-state index contributed by atoms with van der Waals surface area (Å²) < 4.78 is 5.28. The van der Waals surface area contributed by atoms with Gasteiger partial charge in [0.2, 0.25) is 0 Å². The third-order valence-corrected chi connectivity index (χ3v) is 3.57. The molecule has 0 saturated carbocycles. The standard InChI is InChI=1S/C16H21NO2/c1-12-5-2-3-7-14(12)15(11-17)16(18)9-8-13-6-4-10-19-13/h2-7,10,15-16,18H,8-9,11,17H2,1H3. The molecule has 1 aromatic carbocycles. The predicted molar refractivity (Wildman–Crippen MR) is 76.0 cm³/mol. The normalized spacial score (nSPS) is 14.3. The zero-order valence-corrected chi connectivity index (χ0v) is 11.3. The molecule has 102 valence electrons. The van der Waals surface area contributed by atoms with Crippen LogP contribution in [0.25, 0.3) is 0 Å². The summed E-state index contributed by atoms with van der Waals surface area (Å²) in [5, 5.41) is 10.4. The Morgan fingerprint density at radius 3 is 2.63 bits per heavy atom. The van der Waals surface area contributed by atoms with Crippen molar-refractivity contribution in [3.05, 3.63) is 59.5 Å². The number of hydrogen-bond donors (Lipinski definition) is 2. The maximum absolute atomic E-state index is 10.4. The number of hydrogen-bond acceptors (Lipinski definition) is 3. The summed E-state index contributed by atoms with van der Waals surface area (Å²) >= 11 is 0. The Labute approximate surface area is 114 Å². The number of aliphatic hydroxyl groups is 1. The van der Waals surface area contributed by atoms with Crippen molar-refractivity contribution in [1.29, 1.82) is 0 Å². The summed E-state index contributed by atoms with van der Waals surface area (Å²) in [5.41, 5.74) is 8.15. The third kappa shape index (κ3) is 3.46. The third-order valence-electron chi connectivity index (χ3n) is 3.57. The molecule has 0 aliphatic carbocycles. The second-order valence-electron chi connectivity index (χ2n) is 4.88. The molecule has 0 amide bonds. The average molecular weight is 259 g/mol. The molecule has 3 N–H and O–H groups in total. The zero-order valence-electron chi connectivity index (χ0n) is 11.3. The van der Waals surface area contributed by atoms with Gasteiger partial charge in [0.1, 0.15) is 5.76 Å². The molecule has 2 aromatic rings. The van der Waals surface area contributed by atoms with E-state index in [0.29, 0.717) is 13.0 Å². The van der Waals surface area contributed by atoms with Gasteiger partial charge in [0, 0.05) is 18.9 Å². The molecule has 0 radical (unpaired) electrons. The van der Waals surface area contributed by atoms with E-state index >= 15 is 0 Å². The van der Waals surface area contributed by atoms with Gasteiger partial charge >= 0.3 is 0 Å². The molecule has 1 heterocycles. The molecule has 0 bridgehead atoms. The molecule has 3 nitrogen and oxygen atoms in total. The molecule has 0 aliphatic heterocycles. The molecule has 2 unspecified atom stereocenters. The van der Waals surface area contributed by atoms with E-state index in [0.717, 1.165) is 17.7 Å². The maximum Gasteiger partial charge on any atom is 0.103 e. The van der Waals surface area contributed by atoms with Crippen LogP contribution in [-0.2, 0) is 6.42 Å². The second kappa shape index (κ2) is 6.55. The van der Waals surface area contributed by atoms with Gasteiger partial charge < -0.3 is 15.3 Å². The van der Waals surface area contributed by atoms with Crippen LogP contribution in [0.2, 0.25) is 0 Å². The first kappa shape index (κ1) is 13.8. The monoisotopic (exact) mass is 259 g/mol. The Balaban J connectivity index is 2.03. The van der Waals surface area contributed by atoms with Gasteiger partial charge in [0.15, 0.2) is 0 Å². The highest BCUT2D eigenvalue weighted by molar-refractivity contribution is 5.30. The first-order valence-corrected chi connectivity index (χ1v) is 6.68. The summed E-state index contributed by atoms with van der Waals surface area (Å²) in [6.07, 6.45) is 2.60. The van der Waals surface area contributed by atoms with Crippen molar-refractivity contribution in [2.75, 3.05) is 6.54 Å². The van der Waals surface area contributed by atoms with E-state index in [1.54, 1.807) is 6.26 Å². The fraction of sp³-hybridized carbons (Fsp3) is 0.375. The van der Waals surface area contributed by atoms with Crippen molar-refractivity contribution in [3.63, 3.8) is 0 Å². The molecule has 2 atom stereocenters. The summed E-state index contributed by atoms with van der Waals surface area (Å²) in [5.74, 6) is 0.885. The Morgan fingerprint density at radius 2 is 2.00 bits per heavy atom. The molecular formula is C16H21NO2. The van der Waals surface area contributed by atoms with Crippen LogP contribution in [0, 0.1) is 6.92 Å². The molecule has 0 spiro atoms. The Morgan fingerprint density at radius 1 is 1.21 bits per heavy atom. The van der Waals surface area contributed by atoms with Crippen molar-refractivity contribution in [1.82, 2.24) is 0 Å². The number of nitrogens with two attached hydrogens (primary N) is 1. The summed E-state index contributed by atoms with van der Waals surface area (Å²) in [4.78, 5) is 0. The minimum Gasteiger partial charge on any atom is -0.469 e. The number of rotatable bonds is 6. The molecule has 0 saturated heterocycles. The van der Waals surface area contributed by atoms with Crippen molar-refractivity contribution in [3.8, 4) is 0 Å². The lowest BCUT2D eigenvalue weighted by molar-refractivity contribution is 0.134. The van der Waals surface area contributed by atoms with Gasteiger partial charge in [-0.1, -0.05) is 24.3 Å². The fourth-order valence-electron chi connectivity index (χ4n) is 2.44. The maximum atomic E-state index is 10.4. The predicted octanol–water partition coefficient (Wildman–Crippen LogP) is 2.62. The van der Waals surface area contributed by atoms with Gasteiger partial charge in [-0.15, -0.1) is 0 Å². The van der Waals surface area contributed by atoms with E-state index in [2.05, 4.69) is 13.0 Å². The van der Waals surface area contributed by atoms with Crippen LogP contribution in [0.5, 0.6) is 0 Å². The first-order chi connectivity index (χ1) is 9.22. The SMILES string of the molecule is Cc1ccccc1C(CN)C(O)CCc1ccco1. The zero-order chi connectivity index (χ0) is 13.7. The number of aryl methyl sites for hydroxylation is 2. The summed E-state index contributed by atoms with van der Waals surface area (Å²) in [7, 11) is 0. The van der Waals surface area contributed by atoms with Crippen LogP contribution >= 0.6 is 0 Å². The highest BCUT2D eigenvalue weighted by Crippen LogP contribution is 2.24. The molecule has 19 heavy (non-hydrogen) atoms. The van der Waals surface area contributed by atoms with E-state index in [4.69, 9.17) is 10.2 Å². The lowest BCUT2D eigenvalue weighted by Crippen LogP contribution is -2.27. The fourth-order valence-corrected chi connectivity index (χ4v) is 2.44. The van der Waals surface area contributed by atoms with Crippen LogP contribution < -0.4 is 5.73 Å². The lowest BCUT2D eigenvalue weighted by atomic mass is 9.88. The topological polar surface area (TPSA) is 59.4 Å². The molecule has 1 aromatic heterocycles. The van der Waals surface area contributed by atoms with Crippen molar-refractivity contribution in [2.45, 2.75) is 31.8 Å². The summed E-state index contributed by atoms with van der Waals surface area (Å²) in [6.45, 7) is 2.50. The second-order valence-corrected chi connectivity index (χ2v) is 4.88. The molecule has 0 aliphatic rings. The number of furan rings is 1. The quantitative estimate of drug-likeness (QED) is 0.838. The van der Waals surface area contributed by atoms with Gasteiger partial charge in [-0.25, -0.2) is 0 Å². The molecular weight excluding hydrogens is 238 g/mol. The van der Waals surface area contributed by atoms with Crippen LogP contribution in [0.4, 0.5) is 0 Å². The van der Waals surface area contributed by atoms with Crippen molar-refractivity contribution < 1.29 is 9.52 Å². The minimum absolute atomic E-state index is 0.0174. The number of aliphatic hydroxyl groups excluding tert-OH is 1. The van der Waals surface area contributed by atoms with E-state index in [9.17, 15) is 5.11 Å². The Hall–Kier alpha value is -1.58. The Bertz CT molecular complexity index is 493. The van der Waals surface area contributed by atoms with Gasteiger partial charge in [-0.2, -0.15) is 0 Å². The highest BCUT2D eigenvalue weighted by atomic mass is 16.3. The van der Waals surface area contributed by atoms with Crippen LogP contribution in [0.15, 0.2) is 47.1 Å². The van der Waals surface area contributed by atoms with Crippen LogP contribution in [0.1, 0.15) is 29.2 Å². The van der Waals surface area contributed by atoms with Crippen LogP contribution in [0.3, 0.4) is 0 Å². The minimum atomic E-state index is -0.448. The first-order valence-electron chi connectivity index (χ1n) is 6.68. The van der Waals surface area contributed by atoms with Gasteiger partial charge in [0.25, 0.3) is 0 Å². The molecule has 2 rings (SSSR count). The summed E-state index contributed by atoms with van der Waals surface area (Å²) in [6, 6.07) is 11.9. The average Bonchev–Trinajstić information content (AvgIpc) is 2.92. The van der Waals surface area contributed by atoms with E-state index < -0.39 is 6.10 Å². The molecule has 3 heteroatoms. The lowest BCUT2D eigenvalue weighted by Gasteiger charge is -2.23. The van der Waals surface area contributed by atoms with Gasteiger partial charge in [-0.3, -0.25) is 0 Å². The molecule has 0 fully saturated rings. The number of benzene rings is 1. The van der Waals surface area contributed by atoms with E-state index in [1.807, 2.05) is 30.3 Å².